The SMILES string of the molecule is CNCCNC(=O)c1cccc(OC)c1OC(F)F. The van der Waals surface area contributed by atoms with Gasteiger partial charge < -0.3 is 20.1 Å². The van der Waals surface area contributed by atoms with E-state index in [0.29, 0.717) is 13.1 Å². The molecule has 0 aromatic heterocycles. The van der Waals surface area contributed by atoms with Gasteiger partial charge in [0.25, 0.3) is 5.91 Å². The number of nitrogens with one attached hydrogen (secondary N) is 2. The van der Waals surface area contributed by atoms with Crippen molar-refractivity contribution in [2.75, 3.05) is 27.2 Å². The molecule has 0 saturated heterocycles. The topological polar surface area (TPSA) is 59.6 Å². The first-order chi connectivity index (χ1) is 9.10. The van der Waals surface area contributed by atoms with Crippen molar-refractivity contribution >= 4 is 5.91 Å². The maximum atomic E-state index is 12.4. The minimum Gasteiger partial charge on any atom is -0.493 e. The molecule has 0 heterocycles. The molecule has 7 heteroatoms. The third kappa shape index (κ3) is 4.36. The van der Waals surface area contributed by atoms with Crippen LogP contribution in [0, 0.1) is 0 Å². The number of carbonyl (C=O) groups excluding carboxylic acids is 1. The molecule has 106 valence electrons. The molecule has 0 unspecified atom stereocenters. The van der Waals surface area contributed by atoms with E-state index in [9.17, 15) is 13.6 Å². The zero-order valence-corrected chi connectivity index (χ0v) is 10.7. The second-order valence-corrected chi connectivity index (χ2v) is 3.57. The largest absolute Gasteiger partial charge is 0.493 e. The fraction of sp³-hybridized carbons (Fsp3) is 0.417. The van der Waals surface area contributed by atoms with Crippen molar-refractivity contribution in [3.8, 4) is 11.5 Å². The molecule has 0 atom stereocenters. The summed E-state index contributed by atoms with van der Waals surface area (Å²) in [5, 5.41) is 5.44. The fourth-order valence-electron chi connectivity index (χ4n) is 1.46. The molecule has 1 rings (SSSR count). The monoisotopic (exact) mass is 274 g/mol. The van der Waals surface area contributed by atoms with Crippen LogP contribution in [0.3, 0.4) is 0 Å². The number of rotatable bonds is 7. The summed E-state index contributed by atoms with van der Waals surface area (Å²) < 4.78 is 34.0. The highest BCUT2D eigenvalue weighted by atomic mass is 19.3. The molecule has 0 spiro atoms. The first kappa shape index (κ1) is 15.2. The third-order valence-corrected chi connectivity index (χ3v) is 2.31. The highest BCUT2D eigenvalue weighted by molar-refractivity contribution is 5.97. The van der Waals surface area contributed by atoms with E-state index in [0.717, 1.165) is 0 Å². The van der Waals surface area contributed by atoms with Crippen LogP contribution in [0.15, 0.2) is 18.2 Å². The molecule has 2 N–H and O–H groups in total. The van der Waals surface area contributed by atoms with E-state index in [1.165, 1.54) is 25.3 Å². The number of carbonyl (C=O) groups is 1. The zero-order chi connectivity index (χ0) is 14.3. The molecule has 0 aliphatic heterocycles. The van der Waals surface area contributed by atoms with Crippen molar-refractivity contribution in [2.45, 2.75) is 6.61 Å². The Morgan fingerprint density at radius 1 is 1.37 bits per heavy atom. The van der Waals surface area contributed by atoms with Gasteiger partial charge in [0.15, 0.2) is 11.5 Å². The minimum absolute atomic E-state index is 0.00996. The van der Waals surface area contributed by atoms with E-state index in [2.05, 4.69) is 15.4 Å². The van der Waals surface area contributed by atoms with Gasteiger partial charge in [0.2, 0.25) is 0 Å². The van der Waals surface area contributed by atoms with E-state index in [4.69, 9.17) is 4.74 Å². The molecular formula is C12H16F2N2O3. The number of para-hydroxylation sites is 1. The lowest BCUT2D eigenvalue weighted by Gasteiger charge is -2.14. The first-order valence-corrected chi connectivity index (χ1v) is 5.64. The number of halogens is 2. The summed E-state index contributed by atoms with van der Waals surface area (Å²) in [7, 11) is 3.05. The Morgan fingerprint density at radius 2 is 2.11 bits per heavy atom. The quantitative estimate of drug-likeness (QED) is 0.735. The predicted molar refractivity (Wildman–Crippen MR) is 65.9 cm³/mol. The van der Waals surface area contributed by atoms with Crippen LogP contribution < -0.4 is 20.1 Å². The number of alkyl halides is 2. The molecule has 5 nitrogen and oxygen atoms in total. The molecule has 1 amide bonds. The fourth-order valence-corrected chi connectivity index (χ4v) is 1.46. The summed E-state index contributed by atoms with van der Waals surface area (Å²) in [6, 6.07) is 4.38. The molecule has 1 aromatic rings. The highest BCUT2D eigenvalue weighted by Crippen LogP contribution is 2.32. The molecule has 0 saturated carbocycles. The average molecular weight is 274 g/mol. The second kappa shape index (κ2) is 7.52. The Balaban J connectivity index is 2.94. The van der Waals surface area contributed by atoms with Crippen molar-refractivity contribution in [3.05, 3.63) is 23.8 Å². The van der Waals surface area contributed by atoms with Crippen molar-refractivity contribution < 1.29 is 23.0 Å². The number of hydrogen-bond acceptors (Lipinski definition) is 4. The summed E-state index contributed by atoms with van der Waals surface area (Å²) in [6.07, 6.45) is 0. The van der Waals surface area contributed by atoms with Crippen molar-refractivity contribution in [1.29, 1.82) is 0 Å². The number of hydrogen-bond donors (Lipinski definition) is 2. The standard InChI is InChI=1S/C12H16F2N2O3/c1-15-6-7-16-11(17)8-4-3-5-9(18-2)10(8)19-12(13)14/h3-5,12,15H,6-7H2,1-2H3,(H,16,17). The van der Waals surface area contributed by atoms with Gasteiger partial charge in [-0.1, -0.05) is 6.07 Å². The van der Waals surface area contributed by atoms with Gasteiger partial charge in [-0.05, 0) is 19.2 Å². The first-order valence-electron chi connectivity index (χ1n) is 5.64. The van der Waals surface area contributed by atoms with E-state index in [-0.39, 0.29) is 17.1 Å². The summed E-state index contributed by atoms with van der Waals surface area (Å²) >= 11 is 0. The molecule has 19 heavy (non-hydrogen) atoms. The van der Waals surface area contributed by atoms with Crippen LogP contribution in [0.5, 0.6) is 11.5 Å². The maximum absolute atomic E-state index is 12.4. The Labute approximate surface area is 109 Å². The van der Waals surface area contributed by atoms with E-state index in [1.54, 1.807) is 7.05 Å². The predicted octanol–water partition coefficient (Wildman–Crippen LogP) is 1.25. The van der Waals surface area contributed by atoms with Crippen LogP contribution in [0.4, 0.5) is 8.78 Å². The third-order valence-electron chi connectivity index (χ3n) is 2.31. The molecule has 0 fully saturated rings. The lowest BCUT2D eigenvalue weighted by molar-refractivity contribution is -0.0515. The summed E-state index contributed by atoms with van der Waals surface area (Å²) in [6.45, 7) is -2.08. The summed E-state index contributed by atoms with van der Waals surface area (Å²) in [5.41, 5.74) is 0.00996. The zero-order valence-electron chi connectivity index (χ0n) is 10.7. The van der Waals surface area contributed by atoms with Crippen molar-refractivity contribution in [1.82, 2.24) is 10.6 Å². The molecule has 0 aliphatic carbocycles. The number of benzene rings is 1. The molecule has 0 aliphatic rings. The smallest absolute Gasteiger partial charge is 0.387 e. The van der Waals surface area contributed by atoms with Crippen LogP contribution in [0.2, 0.25) is 0 Å². The number of ether oxygens (including phenoxy) is 2. The Hall–Kier alpha value is -1.89. The van der Waals surface area contributed by atoms with Gasteiger partial charge >= 0.3 is 6.61 Å². The van der Waals surface area contributed by atoms with Gasteiger partial charge in [-0.2, -0.15) is 8.78 Å². The molecule has 1 aromatic carbocycles. The Bertz CT molecular complexity index is 427. The maximum Gasteiger partial charge on any atom is 0.387 e. The Morgan fingerprint density at radius 3 is 2.68 bits per heavy atom. The number of likely N-dealkylation sites (N-methyl/N-ethyl adjacent to an activating group) is 1. The summed E-state index contributed by atoms with van der Waals surface area (Å²) in [4.78, 5) is 11.9. The molecular weight excluding hydrogens is 258 g/mol. The minimum atomic E-state index is -3.03. The van der Waals surface area contributed by atoms with Gasteiger partial charge in [-0.15, -0.1) is 0 Å². The highest BCUT2D eigenvalue weighted by Gasteiger charge is 2.19. The van der Waals surface area contributed by atoms with Crippen LogP contribution in [0.25, 0.3) is 0 Å². The van der Waals surface area contributed by atoms with Crippen molar-refractivity contribution in [3.63, 3.8) is 0 Å². The van der Waals surface area contributed by atoms with Gasteiger partial charge in [0.1, 0.15) is 0 Å². The second-order valence-electron chi connectivity index (χ2n) is 3.57. The van der Waals surface area contributed by atoms with Crippen LogP contribution >= 0.6 is 0 Å². The lowest BCUT2D eigenvalue weighted by Crippen LogP contribution is -2.30. The number of amides is 1. The summed E-state index contributed by atoms with van der Waals surface area (Å²) in [5.74, 6) is -0.673. The lowest BCUT2D eigenvalue weighted by atomic mass is 10.1. The van der Waals surface area contributed by atoms with Crippen LogP contribution in [0.1, 0.15) is 10.4 Å². The van der Waals surface area contributed by atoms with E-state index < -0.39 is 12.5 Å². The molecule has 0 radical (unpaired) electrons. The van der Waals surface area contributed by atoms with Crippen LogP contribution in [-0.4, -0.2) is 39.8 Å². The van der Waals surface area contributed by atoms with Crippen molar-refractivity contribution in [2.24, 2.45) is 0 Å². The van der Waals surface area contributed by atoms with Crippen LogP contribution in [-0.2, 0) is 0 Å². The van der Waals surface area contributed by atoms with Gasteiger partial charge in [-0.3, -0.25) is 4.79 Å². The van der Waals surface area contributed by atoms with E-state index in [1.807, 2.05) is 0 Å². The van der Waals surface area contributed by atoms with Gasteiger partial charge in [-0.25, -0.2) is 0 Å². The van der Waals surface area contributed by atoms with Gasteiger partial charge in [0, 0.05) is 13.1 Å². The van der Waals surface area contributed by atoms with E-state index >= 15 is 0 Å². The number of methoxy groups -OCH3 is 1. The normalized spacial score (nSPS) is 10.4. The van der Waals surface area contributed by atoms with Gasteiger partial charge in [0.05, 0.1) is 12.7 Å². The molecule has 0 bridgehead atoms. The Kier molecular flexibility index (Phi) is 6.01. The average Bonchev–Trinajstić information content (AvgIpc) is 2.38.